The second-order valence-electron chi connectivity index (χ2n) is 8.06. The molecule has 3 aromatic carbocycles. The van der Waals surface area contributed by atoms with Crippen LogP contribution in [0.15, 0.2) is 72.8 Å². The summed E-state index contributed by atoms with van der Waals surface area (Å²) in [5.74, 6) is -0.348. The molecule has 1 atom stereocenters. The van der Waals surface area contributed by atoms with E-state index in [-0.39, 0.29) is 30.9 Å². The molecule has 0 saturated carbocycles. The van der Waals surface area contributed by atoms with Gasteiger partial charge in [0.1, 0.15) is 17.5 Å². The summed E-state index contributed by atoms with van der Waals surface area (Å²) in [7, 11) is 0. The summed E-state index contributed by atoms with van der Waals surface area (Å²) in [4.78, 5) is 25.4. The van der Waals surface area contributed by atoms with Crippen molar-refractivity contribution < 1.29 is 32.6 Å². The van der Waals surface area contributed by atoms with E-state index >= 15 is 0 Å². The van der Waals surface area contributed by atoms with Gasteiger partial charge in [0, 0.05) is 18.5 Å². The van der Waals surface area contributed by atoms with Gasteiger partial charge in [-0.05, 0) is 66.1 Å². The number of nitrogens with one attached hydrogen (secondary N) is 2. The maximum Gasteiger partial charge on any atom is 0.416 e. The van der Waals surface area contributed by atoms with E-state index in [1.807, 2.05) is 31.2 Å². The molecule has 36 heavy (non-hydrogen) atoms. The maximum absolute atomic E-state index is 12.8. The molecule has 6 nitrogen and oxygen atoms in total. The molecule has 1 unspecified atom stereocenters. The highest BCUT2D eigenvalue weighted by Crippen LogP contribution is 2.31. The molecule has 3 rings (SSSR count). The van der Waals surface area contributed by atoms with Gasteiger partial charge in [0.05, 0.1) is 12.2 Å². The van der Waals surface area contributed by atoms with Crippen LogP contribution in [-0.4, -0.2) is 36.1 Å². The van der Waals surface area contributed by atoms with Crippen LogP contribution < -0.4 is 15.4 Å². The van der Waals surface area contributed by atoms with Crippen LogP contribution in [0.2, 0.25) is 0 Å². The third-order valence-corrected chi connectivity index (χ3v) is 5.44. The molecular formula is C27H27F3N2O4. The Hall–Kier alpha value is -3.85. The zero-order valence-electron chi connectivity index (χ0n) is 19.6. The number of aliphatic hydroxyl groups is 1. The second kappa shape index (κ2) is 12.2. The molecule has 3 N–H and O–H groups in total. The lowest BCUT2D eigenvalue weighted by atomic mass is 10.0. The van der Waals surface area contributed by atoms with Crippen LogP contribution in [0.3, 0.4) is 0 Å². The van der Waals surface area contributed by atoms with Gasteiger partial charge in [-0.25, -0.2) is 0 Å². The molecule has 0 saturated heterocycles. The predicted octanol–water partition coefficient (Wildman–Crippen LogP) is 4.51. The topological polar surface area (TPSA) is 87.7 Å². The molecule has 0 heterocycles. The smallest absolute Gasteiger partial charge is 0.416 e. The zero-order chi connectivity index (χ0) is 26.1. The molecule has 0 fully saturated rings. The third kappa shape index (κ3) is 7.58. The molecule has 190 valence electrons. The van der Waals surface area contributed by atoms with Crippen molar-refractivity contribution in [1.29, 1.82) is 0 Å². The Labute approximate surface area is 207 Å². The van der Waals surface area contributed by atoms with Gasteiger partial charge in [0.2, 0.25) is 5.91 Å². The molecule has 0 spiro atoms. The first-order valence-corrected chi connectivity index (χ1v) is 11.4. The minimum absolute atomic E-state index is 0.0654. The number of rotatable bonds is 10. The molecule has 3 aromatic rings. The van der Waals surface area contributed by atoms with Gasteiger partial charge < -0.3 is 20.5 Å². The summed E-state index contributed by atoms with van der Waals surface area (Å²) in [6.45, 7) is 1.88. The van der Waals surface area contributed by atoms with Gasteiger partial charge in [0.15, 0.2) is 0 Å². The average Bonchev–Trinajstić information content (AvgIpc) is 2.87. The maximum atomic E-state index is 12.8. The summed E-state index contributed by atoms with van der Waals surface area (Å²) < 4.78 is 43.7. The van der Waals surface area contributed by atoms with Crippen molar-refractivity contribution in [3.05, 3.63) is 95.1 Å². The first-order valence-electron chi connectivity index (χ1n) is 11.4. The number of ether oxygens (including phenoxy) is 1. The van der Waals surface area contributed by atoms with Gasteiger partial charge >= 0.3 is 6.18 Å². The largest absolute Gasteiger partial charge is 0.457 e. The fourth-order valence-electron chi connectivity index (χ4n) is 3.42. The van der Waals surface area contributed by atoms with E-state index in [1.165, 1.54) is 36.4 Å². The quantitative estimate of drug-likeness (QED) is 0.382. The van der Waals surface area contributed by atoms with Crippen molar-refractivity contribution in [2.75, 3.05) is 13.2 Å². The molecule has 0 aliphatic carbocycles. The molecule has 2 amide bonds. The number of aryl methyl sites for hydroxylation is 1. The van der Waals surface area contributed by atoms with Crippen LogP contribution in [0.4, 0.5) is 13.2 Å². The normalized spacial score (nSPS) is 12.0. The zero-order valence-corrected chi connectivity index (χ0v) is 19.6. The van der Waals surface area contributed by atoms with Crippen LogP contribution in [0.1, 0.15) is 34.0 Å². The molecule has 0 aliphatic heterocycles. The number of hydrogen-bond acceptors (Lipinski definition) is 4. The summed E-state index contributed by atoms with van der Waals surface area (Å²) in [6.07, 6.45) is -3.28. The van der Waals surface area contributed by atoms with Crippen LogP contribution >= 0.6 is 0 Å². The van der Waals surface area contributed by atoms with Gasteiger partial charge in [0.25, 0.3) is 5.91 Å². The SMILES string of the molecule is CCc1ccc(CC(NC(=O)c2ccc(Oc3ccc(C(F)(F)F)cc3)cc2)C(=O)NCCO)cc1. The van der Waals surface area contributed by atoms with Gasteiger partial charge in [-0.1, -0.05) is 31.2 Å². The fourth-order valence-corrected chi connectivity index (χ4v) is 3.42. The summed E-state index contributed by atoms with van der Waals surface area (Å²) in [5.41, 5.74) is 1.52. The van der Waals surface area contributed by atoms with E-state index in [2.05, 4.69) is 10.6 Å². The predicted molar refractivity (Wildman–Crippen MR) is 129 cm³/mol. The summed E-state index contributed by atoms with van der Waals surface area (Å²) >= 11 is 0. The Morgan fingerprint density at radius 2 is 1.44 bits per heavy atom. The lowest BCUT2D eigenvalue weighted by Crippen LogP contribution is -2.48. The lowest BCUT2D eigenvalue weighted by molar-refractivity contribution is -0.137. The number of benzene rings is 3. The van der Waals surface area contributed by atoms with Crippen LogP contribution in [0.25, 0.3) is 0 Å². The van der Waals surface area contributed by atoms with Gasteiger partial charge in [-0.3, -0.25) is 9.59 Å². The Balaban J connectivity index is 1.67. The van der Waals surface area contributed by atoms with Gasteiger partial charge in [-0.2, -0.15) is 13.2 Å². The fraction of sp³-hybridized carbons (Fsp3) is 0.259. The summed E-state index contributed by atoms with van der Waals surface area (Å²) in [5, 5.41) is 14.3. The summed E-state index contributed by atoms with van der Waals surface area (Å²) in [6, 6.07) is 17.2. The number of alkyl halides is 3. The highest BCUT2D eigenvalue weighted by Gasteiger charge is 2.30. The van der Waals surface area contributed by atoms with Crippen LogP contribution in [0.5, 0.6) is 11.5 Å². The molecule has 9 heteroatoms. The molecule has 0 bridgehead atoms. The van der Waals surface area contributed by atoms with Gasteiger partial charge in [-0.15, -0.1) is 0 Å². The highest BCUT2D eigenvalue weighted by molar-refractivity contribution is 5.97. The Bertz CT molecular complexity index is 1150. The van der Waals surface area contributed by atoms with E-state index in [9.17, 15) is 22.8 Å². The monoisotopic (exact) mass is 500 g/mol. The number of halogens is 3. The van der Waals surface area contributed by atoms with E-state index < -0.39 is 29.6 Å². The van der Waals surface area contributed by atoms with Crippen molar-refractivity contribution in [2.45, 2.75) is 32.0 Å². The van der Waals surface area contributed by atoms with Crippen molar-refractivity contribution >= 4 is 11.8 Å². The minimum atomic E-state index is -4.43. The number of hydrogen-bond donors (Lipinski definition) is 3. The Morgan fingerprint density at radius 1 is 0.889 bits per heavy atom. The number of carbonyl (C=O) groups excluding carboxylic acids is 2. The number of carbonyl (C=O) groups is 2. The first kappa shape index (κ1) is 26.7. The van der Waals surface area contributed by atoms with E-state index in [0.717, 1.165) is 29.7 Å². The molecular weight excluding hydrogens is 473 g/mol. The van der Waals surface area contributed by atoms with Crippen LogP contribution in [-0.2, 0) is 23.8 Å². The molecule has 0 aliphatic rings. The van der Waals surface area contributed by atoms with Crippen molar-refractivity contribution in [2.24, 2.45) is 0 Å². The number of amides is 2. The molecule has 0 aromatic heterocycles. The van der Waals surface area contributed by atoms with E-state index in [4.69, 9.17) is 9.84 Å². The minimum Gasteiger partial charge on any atom is -0.457 e. The van der Waals surface area contributed by atoms with Crippen LogP contribution in [0, 0.1) is 0 Å². The molecule has 0 radical (unpaired) electrons. The number of aliphatic hydroxyl groups excluding tert-OH is 1. The average molecular weight is 501 g/mol. The standard InChI is InChI=1S/C27H27F3N2O4/c1-2-18-3-5-19(6-4-18)17-24(26(35)31-15-16-33)32-25(34)20-7-11-22(12-8-20)36-23-13-9-21(10-14-23)27(28,29)30/h3-14,24,33H,2,15-17H2,1H3,(H,31,35)(H,32,34). The first-order chi connectivity index (χ1) is 17.2. The Morgan fingerprint density at radius 3 is 1.97 bits per heavy atom. The second-order valence-corrected chi connectivity index (χ2v) is 8.06. The van der Waals surface area contributed by atoms with Crippen molar-refractivity contribution in [3.63, 3.8) is 0 Å². The Kier molecular flexibility index (Phi) is 9.08. The lowest BCUT2D eigenvalue weighted by Gasteiger charge is -2.19. The highest BCUT2D eigenvalue weighted by atomic mass is 19.4. The van der Waals surface area contributed by atoms with E-state index in [0.29, 0.717) is 5.75 Å². The van der Waals surface area contributed by atoms with Crippen molar-refractivity contribution in [3.8, 4) is 11.5 Å². The van der Waals surface area contributed by atoms with Crippen molar-refractivity contribution in [1.82, 2.24) is 10.6 Å². The third-order valence-electron chi connectivity index (χ3n) is 5.44. The van der Waals surface area contributed by atoms with E-state index in [1.54, 1.807) is 0 Å².